The molecule has 1 fully saturated rings. The van der Waals surface area contributed by atoms with Gasteiger partial charge in [-0.1, -0.05) is 51.1 Å². The molecule has 3 rings (SSSR count). The maximum absolute atomic E-state index is 12.8. The molecule has 0 aliphatic heterocycles. The van der Waals surface area contributed by atoms with E-state index in [1.54, 1.807) is 24.3 Å². The molecule has 2 amide bonds. The predicted molar refractivity (Wildman–Crippen MR) is 109 cm³/mol. The monoisotopic (exact) mass is 364 g/mol. The molecule has 0 bridgehead atoms. The molecule has 2 aromatic carbocycles. The second-order valence-corrected chi connectivity index (χ2v) is 8.54. The molecule has 0 spiro atoms. The molecule has 2 N–H and O–H groups in total. The second kappa shape index (κ2) is 7.95. The van der Waals surface area contributed by atoms with Crippen LogP contribution in [0.2, 0.25) is 0 Å². The summed E-state index contributed by atoms with van der Waals surface area (Å²) in [5, 5.41) is 6.07. The zero-order valence-electron chi connectivity index (χ0n) is 16.3. The number of carbonyl (C=O) groups is 2. The Morgan fingerprint density at radius 1 is 1.00 bits per heavy atom. The fraction of sp³-hybridized carbons (Fsp3) is 0.391. The molecule has 27 heavy (non-hydrogen) atoms. The van der Waals surface area contributed by atoms with Crippen LogP contribution < -0.4 is 10.6 Å². The third kappa shape index (κ3) is 5.68. The first-order valence-electron chi connectivity index (χ1n) is 9.58. The highest BCUT2D eigenvalue weighted by Crippen LogP contribution is 2.31. The lowest BCUT2D eigenvalue weighted by Crippen LogP contribution is -2.31. The number of anilines is 1. The summed E-state index contributed by atoms with van der Waals surface area (Å²) in [5.41, 5.74) is 2.52. The Morgan fingerprint density at radius 3 is 2.19 bits per heavy atom. The summed E-state index contributed by atoms with van der Waals surface area (Å²) in [6.07, 6.45) is 2.79. The van der Waals surface area contributed by atoms with E-state index in [0.29, 0.717) is 5.56 Å². The first-order chi connectivity index (χ1) is 12.8. The van der Waals surface area contributed by atoms with Gasteiger partial charge in [-0.25, -0.2) is 0 Å². The van der Waals surface area contributed by atoms with Gasteiger partial charge in [0.05, 0.1) is 6.04 Å². The molecule has 1 aliphatic rings. The molecular weight excluding hydrogens is 336 g/mol. The minimum absolute atomic E-state index is 0.0482. The van der Waals surface area contributed by atoms with Crippen LogP contribution in [0, 0.1) is 11.3 Å². The molecule has 0 saturated heterocycles. The van der Waals surface area contributed by atoms with Crippen LogP contribution in [-0.4, -0.2) is 11.8 Å². The van der Waals surface area contributed by atoms with Gasteiger partial charge in [0.25, 0.3) is 5.91 Å². The zero-order valence-corrected chi connectivity index (χ0v) is 16.3. The number of nitrogens with one attached hydrogen (secondary N) is 2. The van der Waals surface area contributed by atoms with Gasteiger partial charge in [-0.15, -0.1) is 0 Å². The number of carbonyl (C=O) groups excluding carboxylic acids is 2. The SMILES string of the molecule is CC(C)(C)CC(NC(=O)c1ccc(NC(=O)C2CC2)cc1)c1ccccc1. The smallest absolute Gasteiger partial charge is 0.251 e. The van der Waals surface area contributed by atoms with Gasteiger partial charge >= 0.3 is 0 Å². The van der Waals surface area contributed by atoms with Gasteiger partial charge in [-0.2, -0.15) is 0 Å². The molecule has 1 unspecified atom stereocenters. The summed E-state index contributed by atoms with van der Waals surface area (Å²) in [6, 6.07) is 17.1. The molecule has 0 heterocycles. The van der Waals surface area contributed by atoms with Crippen molar-refractivity contribution in [2.24, 2.45) is 11.3 Å². The molecule has 0 aromatic heterocycles. The summed E-state index contributed by atoms with van der Waals surface area (Å²) >= 11 is 0. The van der Waals surface area contributed by atoms with Gasteiger partial charge in [0, 0.05) is 17.2 Å². The molecule has 2 aromatic rings. The third-order valence-corrected chi connectivity index (χ3v) is 4.69. The quantitative estimate of drug-likeness (QED) is 0.762. The molecule has 0 radical (unpaired) electrons. The van der Waals surface area contributed by atoms with E-state index in [4.69, 9.17) is 0 Å². The van der Waals surface area contributed by atoms with E-state index in [1.165, 1.54) is 0 Å². The van der Waals surface area contributed by atoms with Crippen LogP contribution in [0.3, 0.4) is 0 Å². The normalized spacial score (nSPS) is 15.1. The lowest BCUT2D eigenvalue weighted by atomic mass is 9.85. The van der Waals surface area contributed by atoms with Crippen molar-refractivity contribution in [3.8, 4) is 0 Å². The molecule has 1 atom stereocenters. The van der Waals surface area contributed by atoms with E-state index in [0.717, 1.165) is 30.5 Å². The zero-order chi connectivity index (χ0) is 19.4. The average molecular weight is 364 g/mol. The Bertz CT molecular complexity index is 787. The number of rotatable bonds is 6. The Morgan fingerprint density at radius 2 is 1.63 bits per heavy atom. The average Bonchev–Trinajstić information content (AvgIpc) is 3.46. The Kier molecular flexibility index (Phi) is 5.64. The summed E-state index contributed by atoms with van der Waals surface area (Å²) in [6.45, 7) is 6.52. The van der Waals surface area contributed by atoms with Crippen molar-refractivity contribution in [2.45, 2.75) is 46.1 Å². The van der Waals surface area contributed by atoms with Gasteiger partial charge in [0.15, 0.2) is 0 Å². The van der Waals surface area contributed by atoms with Crippen molar-refractivity contribution in [3.05, 3.63) is 65.7 Å². The van der Waals surface area contributed by atoms with Crippen molar-refractivity contribution in [2.75, 3.05) is 5.32 Å². The molecule has 4 nitrogen and oxygen atoms in total. The number of amides is 2. The fourth-order valence-corrected chi connectivity index (χ4v) is 3.09. The van der Waals surface area contributed by atoms with Crippen LogP contribution in [-0.2, 0) is 4.79 Å². The topological polar surface area (TPSA) is 58.2 Å². The highest BCUT2D eigenvalue weighted by Gasteiger charge is 2.29. The molecule has 1 saturated carbocycles. The van der Waals surface area contributed by atoms with E-state index in [-0.39, 0.29) is 29.2 Å². The standard InChI is InChI=1S/C23H28N2O2/c1-23(2,3)15-20(16-7-5-4-6-8-16)25-22(27)18-11-13-19(14-12-18)24-21(26)17-9-10-17/h4-8,11-14,17,20H,9-10,15H2,1-3H3,(H,24,26)(H,25,27). The van der Waals surface area contributed by atoms with Crippen LogP contribution in [0.1, 0.15) is 62.0 Å². The van der Waals surface area contributed by atoms with E-state index in [1.807, 2.05) is 30.3 Å². The van der Waals surface area contributed by atoms with Gasteiger partial charge in [-0.05, 0) is 54.5 Å². The Balaban J connectivity index is 1.68. The lowest BCUT2D eigenvalue weighted by molar-refractivity contribution is -0.117. The van der Waals surface area contributed by atoms with Crippen LogP contribution >= 0.6 is 0 Å². The maximum Gasteiger partial charge on any atom is 0.251 e. The first kappa shape index (κ1) is 19.2. The van der Waals surface area contributed by atoms with E-state index < -0.39 is 0 Å². The number of benzene rings is 2. The Labute approximate surface area is 161 Å². The predicted octanol–water partition coefficient (Wildman–Crippen LogP) is 4.94. The summed E-state index contributed by atoms with van der Waals surface area (Å²) < 4.78 is 0. The highest BCUT2D eigenvalue weighted by molar-refractivity contribution is 5.97. The molecule has 1 aliphatic carbocycles. The van der Waals surface area contributed by atoms with Crippen LogP contribution in [0.15, 0.2) is 54.6 Å². The number of hydrogen-bond acceptors (Lipinski definition) is 2. The Hall–Kier alpha value is -2.62. The molecule has 4 heteroatoms. The van der Waals surface area contributed by atoms with Crippen LogP contribution in [0.4, 0.5) is 5.69 Å². The first-order valence-corrected chi connectivity index (χ1v) is 9.58. The van der Waals surface area contributed by atoms with Crippen molar-refractivity contribution < 1.29 is 9.59 Å². The van der Waals surface area contributed by atoms with Crippen molar-refractivity contribution in [1.29, 1.82) is 0 Å². The van der Waals surface area contributed by atoms with Crippen LogP contribution in [0.25, 0.3) is 0 Å². The maximum atomic E-state index is 12.8. The van der Waals surface area contributed by atoms with E-state index in [2.05, 4.69) is 31.4 Å². The van der Waals surface area contributed by atoms with Gasteiger partial charge in [0.1, 0.15) is 0 Å². The highest BCUT2D eigenvalue weighted by atomic mass is 16.2. The third-order valence-electron chi connectivity index (χ3n) is 4.69. The lowest BCUT2D eigenvalue weighted by Gasteiger charge is -2.27. The minimum Gasteiger partial charge on any atom is -0.345 e. The van der Waals surface area contributed by atoms with Crippen molar-refractivity contribution in [1.82, 2.24) is 5.32 Å². The summed E-state index contributed by atoms with van der Waals surface area (Å²) in [4.78, 5) is 24.6. The van der Waals surface area contributed by atoms with Crippen molar-refractivity contribution in [3.63, 3.8) is 0 Å². The van der Waals surface area contributed by atoms with E-state index >= 15 is 0 Å². The van der Waals surface area contributed by atoms with Gasteiger partial charge < -0.3 is 10.6 Å². The van der Waals surface area contributed by atoms with Crippen LogP contribution in [0.5, 0.6) is 0 Å². The fourth-order valence-electron chi connectivity index (χ4n) is 3.09. The van der Waals surface area contributed by atoms with Crippen molar-refractivity contribution >= 4 is 17.5 Å². The van der Waals surface area contributed by atoms with Gasteiger partial charge in [-0.3, -0.25) is 9.59 Å². The molecule has 142 valence electrons. The summed E-state index contributed by atoms with van der Waals surface area (Å²) in [5.74, 6) is 0.131. The van der Waals surface area contributed by atoms with Gasteiger partial charge in [0.2, 0.25) is 5.91 Å². The summed E-state index contributed by atoms with van der Waals surface area (Å²) in [7, 11) is 0. The molecular formula is C23H28N2O2. The number of hydrogen-bond donors (Lipinski definition) is 2. The minimum atomic E-state index is -0.104. The largest absolute Gasteiger partial charge is 0.345 e. The second-order valence-electron chi connectivity index (χ2n) is 8.54. The van der Waals surface area contributed by atoms with E-state index in [9.17, 15) is 9.59 Å².